The highest BCUT2D eigenvalue weighted by molar-refractivity contribution is 7.99. The summed E-state index contributed by atoms with van der Waals surface area (Å²) in [6, 6.07) is 15.7. The van der Waals surface area contributed by atoms with Gasteiger partial charge in [0.05, 0.1) is 0 Å². The van der Waals surface area contributed by atoms with E-state index in [4.69, 9.17) is 0 Å². The molecule has 0 bridgehead atoms. The number of nitrogens with one attached hydrogen (secondary N) is 1. The van der Waals surface area contributed by atoms with E-state index >= 15 is 0 Å². The van der Waals surface area contributed by atoms with Crippen LogP contribution in [0.15, 0.2) is 52.3 Å². The fourth-order valence-corrected chi connectivity index (χ4v) is 3.16. The van der Waals surface area contributed by atoms with Gasteiger partial charge in [-0.3, -0.25) is 0 Å². The van der Waals surface area contributed by atoms with Crippen molar-refractivity contribution in [2.75, 3.05) is 6.54 Å². The smallest absolute Gasteiger partial charge is 0.0208 e. The first-order chi connectivity index (χ1) is 10.1. The zero-order chi connectivity index (χ0) is 15.2. The Morgan fingerprint density at radius 3 is 2.24 bits per heavy atom. The van der Waals surface area contributed by atoms with E-state index in [1.54, 1.807) is 0 Å². The maximum absolute atomic E-state index is 3.38. The van der Waals surface area contributed by atoms with Crippen molar-refractivity contribution in [1.29, 1.82) is 0 Å². The van der Waals surface area contributed by atoms with Gasteiger partial charge in [0.1, 0.15) is 0 Å². The lowest BCUT2D eigenvalue weighted by molar-refractivity contribution is 0.723. The van der Waals surface area contributed by atoms with Gasteiger partial charge >= 0.3 is 0 Å². The van der Waals surface area contributed by atoms with Gasteiger partial charge in [0.25, 0.3) is 0 Å². The van der Waals surface area contributed by atoms with E-state index in [1.165, 1.54) is 26.5 Å². The van der Waals surface area contributed by atoms with Gasteiger partial charge < -0.3 is 5.32 Å². The topological polar surface area (TPSA) is 12.0 Å². The Morgan fingerprint density at radius 2 is 1.67 bits per heavy atom. The second-order valence-electron chi connectivity index (χ2n) is 5.69. The predicted molar refractivity (Wildman–Crippen MR) is 93.2 cm³/mol. The zero-order valence-electron chi connectivity index (χ0n) is 13.4. The summed E-state index contributed by atoms with van der Waals surface area (Å²) in [5.41, 5.74) is 4.15. The summed E-state index contributed by atoms with van der Waals surface area (Å²) in [5, 5.41) is 3.38. The Balaban J connectivity index is 2.07. The molecule has 0 unspecified atom stereocenters. The number of benzene rings is 2. The quantitative estimate of drug-likeness (QED) is 0.768. The van der Waals surface area contributed by atoms with Gasteiger partial charge in [0.15, 0.2) is 0 Å². The highest BCUT2D eigenvalue weighted by atomic mass is 32.2. The summed E-state index contributed by atoms with van der Waals surface area (Å²) in [6.07, 6.45) is 0. The van der Waals surface area contributed by atoms with Gasteiger partial charge in [-0.1, -0.05) is 50.7 Å². The molecule has 0 spiro atoms. The Kier molecular flexibility index (Phi) is 5.89. The van der Waals surface area contributed by atoms with Crippen LogP contribution in [0.1, 0.15) is 43.4 Å². The minimum atomic E-state index is 0.594. The lowest BCUT2D eigenvalue weighted by Gasteiger charge is -2.10. The normalized spacial score (nSPS) is 11.1. The van der Waals surface area contributed by atoms with Crippen LogP contribution in [0.25, 0.3) is 0 Å². The number of aryl methyl sites for hydroxylation is 1. The Hall–Kier alpha value is -1.25. The zero-order valence-corrected chi connectivity index (χ0v) is 14.3. The van der Waals surface area contributed by atoms with Crippen LogP contribution >= 0.6 is 11.8 Å². The van der Waals surface area contributed by atoms with E-state index < -0.39 is 0 Å². The number of rotatable bonds is 6. The van der Waals surface area contributed by atoms with Crippen LogP contribution in [0.4, 0.5) is 0 Å². The second-order valence-corrected chi connectivity index (χ2v) is 6.84. The van der Waals surface area contributed by atoms with Gasteiger partial charge in [-0.05, 0) is 60.3 Å². The highest BCUT2D eigenvalue weighted by Gasteiger charge is 2.03. The van der Waals surface area contributed by atoms with E-state index in [0.29, 0.717) is 5.92 Å². The molecule has 0 saturated heterocycles. The average molecular weight is 299 g/mol. The van der Waals surface area contributed by atoms with Crippen LogP contribution in [0, 0.1) is 6.92 Å². The summed E-state index contributed by atoms with van der Waals surface area (Å²) in [7, 11) is 0. The maximum atomic E-state index is 3.38. The van der Waals surface area contributed by atoms with Crippen molar-refractivity contribution in [1.82, 2.24) is 5.32 Å². The first-order valence-corrected chi connectivity index (χ1v) is 8.50. The van der Waals surface area contributed by atoms with E-state index in [1.807, 2.05) is 11.8 Å². The van der Waals surface area contributed by atoms with Gasteiger partial charge in [-0.25, -0.2) is 0 Å². The Labute approximate surface area is 133 Å². The third-order valence-corrected chi connectivity index (χ3v) is 4.66. The largest absolute Gasteiger partial charge is 0.313 e. The lowest BCUT2D eigenvalue weighted by Crippen LogP contribution is -2.12. The minimum Gasteiger partial charge on any atom is -0.313 e. The van der Waals surface area contributed by atoms with Gasteiger partial charge in [-0.15, -0.1) is 0 Å². The van der Waals surface area contributed by atoms with Crippen molar-refractivity contribution in [2.24, 2.45) is 0 Å². The Bertz CT molecular complexity index is 573. The number of hydrogen-bond donors (Lipinski definition) is 1. The molecule has 0 radical (unpaired) electrons. The molecule has 2 aromatic carbocycles. The fourth-order valence-electron chi connectivity index (χ4n) is 2.25. The summed E-state index contributed by atoms with van der Waals surface area (Å²) >= 11 is 1.83. The molecule has 0 aliphatic carbocycles. The van der Waals surface area contributed by atoms with Gasteiger partial charge in [0, 0.05) is 16.3 Å². The summed E-state index contributed by atoms with van der Waals surface area (Å²) in [4.78, 5) is 2.61. The van der Waals surface area contributed by atoms with Crippen LogP contribution in [0.3, 0.4) is 0 Å². The highest BCUT2D eigenvalue weighted by Crippen LogP contribution is 2.30. The van der Waals surface area contributed by atoms with Crippen LogP contribution in [-0.4, -0.2) is 6.54 Å². The first-order valence-electron chi connectivity index (χ1n) is 7.68. The molecule has 1 N–H and O–H groups in total. The number of hydrogen-bond acceptors (Lipinski definition) is 2. The molecule has 0 aliphatic rings. The minimum absolute atomic E-state index is 0.594. The summed E-state index contributed by atoms with van der Waals surface area (Å²) in [6.45, 7) is 10.8. The van der Waals surface area contributed by atoms with E-state index in [0.717, 1.165) is 13.1 Å². The van der Waals surface area contributed by atoms with Crippen LogP contribution in [0.2, 0.25) is 0 Å². The molecule has 0 atom stereocenters. The third kappa shape index (κ3) is 4.62. The van der Waals surface area contributed by atoms with Crippen molar-refractivity contribution >= 4 is 11.8 Å². The lowest BCUT2D eigenvalue weighted by atomic mass is 10.0. The van der Waals surface area contributed by atoms with Crippen molar-refractivity contribution in [3.05, 3.63) is 59.2 Å². The first kappa shape index (κ1) is 16.1. The molecule has 0 saturated carbocycles. The molecule has 2 rings (SSSR count). The standard InChI is InChI=1S/C19H25NS/c1-5-20-13-17-8-11-19(12-15(17)4)21-18-9-6-16(7-10-18)14(2)3/h6-12,14,20H,5,13H2,1-4H3. The Morgan fingerprint density at radius 1 is 1.00 bits per heavy atom. The third-order valence-electron chi connectivity index (χ3n) is 3.66. The molecule has 112 valence electrons. The molecule has 1 nitrogen and oxygen atoms in total. The SMILES string of the molecule is CCNCc1ccc(Sc2ccc(C(C)C)cc2)cc1C. The fraction of sp³-hybridized carbons (Fsp3) is 0.368. The second kappa shape index (κ2) is 7.67. The molecular weight excluding hydrogens is 274 g/mol. The van der Waals surface area contributed by atoms with Crippen molar-refractivity contribution in [3.8, 4) is 0 Å². The molecule has 21 heavy (non-hydrogen) atoms. The molecule has 2 heteroatoms. The van der Waals surface area contributed by atoms with Gasteiger partial charge in [0.2, 0.25) is 0 Å². The average Bonchev–Trinajstić information content (AvgIpc) is 2.47. The van der Waals surface area contributed by atoms with E-state index in [9.17, 15) is 0 Å². The van der Waals surface area contributed by atoms with E-state index in [2.05, 4.69) is 75.5 Å². The molecule has 0 amide bonds. The summed E-state index contributed by atoms with van der Waals surface area (Å²) in [5.74, 6) is 0.594. The van der Waals surface area contributed by atoms with Crippen LogP contribution < -0.4 is 5.32 Å². The molecule has 0 aromatic heterocycles. The van der Waals surface area contributed by atoms with E-state index in [-0.39, 0.29) is 0 Å². The van der Waals surface area contributed by atoms with Crippen LogP contribution in [-0.2, 0) is 6.54 Å². The molecule has 0 aliphatic heterocycles. The predicted octanol–water partition coefficient (Wildman–Crippen LogP) is 5.38. The molecule has 0 heterocycles. The molecule has 0 fully saturated rings. The van der Waals surface area contributed by atoms with Crippen molar-refractivity contribution < 1.29 is 0 Å². The van der Waals surface area contributed by atoms with Crippen LogP contribution in [0.5, 0.6) is 0 Å². The molecular formula is C19H25NS. The van der Waals surface area contributed by atoms with Crippen molar-refractivity contribution in [3.63, 3.8) is 0 Å². The van der Waals surface area contributed by atoms with Crippen molar-refractivity contribution in [2.45, 2.75) is 49.9 Å². The monoisotopic (exact) mass is 299 g/mol. The summed E-state index contributed by atoms with van der Waals surface area (Å²) < 4.78 is 0. The van der Waals surface area contributed by atoms with Gasteiger partial charge in [-0.2, -0.15) is 0 Å². The maximum Gasteiger partial charge on any atom is 0.0208 e. The molecule has 2 aromatic rings.